The fraction of sp³-hybridized carbons (Fsp3) is 0.200. The first kappa shape index (κ1) is 10.1. The van der Waals surface area contributed by atoms with E-state index >= 15 is 0 Å². The van der Waals surface area contributed by atoms with Gasteiger partial charge in [-0.2, -0.15) is 9.36 Å². The Hall–Kier alpha value is -1.46. The summed E-state index contributed by atoms with van der Waals surface area (Å²) in [6.07, 6.45) is 1.48. The van der Waals surface area contributed by atoms with Gasteiger partial charge >= 0.3 is 0 Å². The third-order valence-corrected chi connectivity index (χ3v) is 2.37. The molecule has 15 heavy (non-hydrogen) atoms. The summed E-state index contributed by atoms with van der Waals surface area (Å²) >= 11 is 1.24. The minimum Gasteiger partial charge on any atom is -0.430 e. The average Bonchev–Trinajstić information content (AvgIpc) is 2.71. The number of ether oxygens (including phenoxy) is 1. The molecule has 0 saturated carbocycles. The molecule has 0 radical (unpaired) electrons. The molecule has 0 unspecified atom stereocenters. The van der Waals surface area contributed by atoms with Crippen LogP contribution in [0.25, 0.3) is 0 Å². The third-order valence-electron chi connectivity index (χ3n) is 1.83. The van der Waals surface area contributed by atoms with Crippen molar-refractivity contribution in [2.45, 2.75) is 6.54 Å². The molecule has 0 atom stereocenters. The summed E-state index contributed by atoms with van der Waals surface area (Å²) in [5.74, 6) is 0.791. The summed E-state index contributed by atoms with van der Waals surface area (Å²) in [6.45, 7) is 0.827. The SMILES string of the molecule is CNCc1cccc(Oc2ncns2)c1. The Labute approximate surface area is 92.1 Å². The molecule has 0 aliphatic rings. The van der Waals surface area contributed by atoms with E-state index in [1.54, 1.807) is 0 Å². The normalized spacial score (nSPS) is 10.2. The Balaban J connectivity index is 2.11. The minimum absolute atomic E-state index is 0.566. The van der Waals surface area contributed by atoms with Gasteiger partial charge in [0.15, 0.2) is 0 Å². The van der Waals surface area contributed by atoms with E-state index in [9.17, 15) is 0 Å². The molecule has 0 aliphatic heterocycles. The first-order chi connectivity index (χ1) is 7.38. The van der Waals surface area contributed by atoms with E-state index in [0.29, 0.717) is 5.19 Å². The monoisotopic (exact) mass is 221 g/mol. The summed E-state index contributed by atoms with van der Waals surface area (Å²) < 4.78 is 9.39. The topological polar surface area (TPSA) is 47.0 Å². The van der Waals surface area contributed by atoms with E-state index in [4.69, 9.17) is 4.74 Å². The molecule has 0 spiro atoms. The largest absolute Gasteiger partial charge is 0.430 e. The van der Waals surface area contributed by atoms with Gasteiger partial charge in [0.2, 0.25) is 0 Å². The Morgan fingerprint density at radius 2 is 2.40 bits per heavy atom. The lowest BCUT2D eigenvalue weighted by molar-refractivity contribution is 0.478. The number of nitrogens with one attached hydrogen (secondary N) is 1. The second kappa shape index (κ2) is 4.86. The van der Waals surface area contributed by atoms with Crippen molar-refractivity contribution in [3.8, 4) is 10.9 Å². The summed E-state index contributed by atoms with van der Waals surface area (Å²) in [5, 5.41) is 3.66. The number of nitrogens with zero attached hydrogens (tertiary/aromatic N) is 2. The van der Waals surface area contributed by atoms with Gasteiger partial charge in [0, 0.05) is 18.1 Å². The summed E-state index contributed by atoms with van der Waals surface area (Å²) in [5.41, 5.74) is 1.18. The van der Waals surface area contributed by atoms with Crippen molar-refractivity contribution in [1.82, 2.24) is 14.7 Å². The highest BCUT2D eigenvalue weighted by atomic mass is 32.1. The summed E-state index contributed by atoms with van der Waals surface area (Å²) in [6, 6.07) is 7.89. The van der Waals surface area contributed by atoms with Crippen LogP contribution in [0.1, 0.15) is 5.56 Å². The molecule has 1 aromatic heterocycles. The van der Waals surface area contributed by atoms with Crippen LogP contribution in [0.15, 0.2) is 30.6 Å². The lowest BCUT2D eigenvalue weighted by Gasteiger charge is -2.03. The molecule has 78 valence electrons. The zero-order valence-corrected chi connectivity index (χ0v) is 9.12. The third kappa shape index (κ3) is 2.74. The van der Waals surface area contributed by atoms with Crippen LogP contribution >= 0.6 is 11.5 Å². The zero-order chi connectivity index (χ0) is 10.5. The van der Waals surface area contributed by atoms with E-state index in [1.165, 1.54) is 23.4 Å². The second-order valence-corrected chi connectivity index (χ2v) is 3.73. The standard InChI is InChI=1S/C10H11N3OS/c1-11-6-8-3-2-4-9(5-8)14-10-12-7-13-15-10/h2-5,7,11H,6H2,1H3. The average molecular weight is 221 g/mol. The smallest absolute Gasteiger partial charge is 0.298 e. The Kier molecular flexibility index (Phi) is 3.26. The van der Waals surface area contributed by atoms with E-state index in [1.807, 2.05) is 31.3 Å². The molecule has 0 aliphatic carbocycles. The van der Waals surface area contributed by atoms with Crippen molar-refractivity contribution >= 4 is 11.5 Å². The fourth-order valence-electron chi connectivity index (χ4n) is 1.23. The van der Waals surface area contributed by atoms with Gasteiger partial charge in [-0.15, -0.1) is 0 Å². The van der Waals surface area contributed by atoms with Gasteiger partial charge in [0.05, 0.1) is 0 Å². The molecule has 1 N–H and O–H groups in total. The number of rotatable bonds is 4. The van der Waals surface area contributed by atoms with Crippen molar-refractivity contribution in [2.24, 2.45) is 0 Å². The van der Waals surface area contributed by atoms with Crippen molar-refractivity contribution in [3.63, 3.8) is 0 Å². The maximum absolute atomic E-state index is 5.52. The van der Waals surface area contributed by atoms with Gasteiger partial charge < -0.3 is 10.1 Å². The molecule has 0 fully saturated rings. The van der Waals surface area contributed by atoms with Crippen molar-refractivity contribution in [1.29, 1.82) is 0 Å². The highest BCUT2D eigenvalue weighted by molar-refractivity contribution is 7.07. The maximum atomic E-state index is 5.52. The van der Waals surface area contributed by atoms with Gasteiger partial charge in [0.1, 0.15) is 12.1 Å². The molecule has 5 heteroatoms. The predicted octanol–water partition coefficient (Wildman–Crippen LogP) is 2.05. The van der Waals surface area contributed by atoms with Crippen LogP contribution in [0.5, 0.6) is 10.9 Å². The Morgan fingerprint density at radius 3 is 3.13 bits per heavy atom. The van der Waals surface area contributed by atoms with Crippen LogP contribution in [0.3, 0.4) is 0 Å². The lowest BCUT2D eigenvalue weighted by Crippen LogP contribution is -2.04. The Bertz CT molecular complexity index is 416. The van der Waals surface area contributed by atoms with Crippen LogP contribution in [0, 0.1) is 0 Å². The second-order valence-electron chi connectivity index (χ2n) is 2.99. The summed E-state index contributed by atoms with van der Waals surface area (Å²) in [4.78, 5) is 3.96. The number of benzene rings is 1. The number of hydrogen-bond donors (Lipinski definition) is 1. The number of aromatic nitrogens is 2. The fourth-order valence-corrected chi connectivity index (χ4v) is 1.64. The van der Waals surface area contributed by atoms with Gasteiger partial charge in [-0.3, -0.25) is 0 Å². The molecule has 1 aromatic carbocycles. The molecular formula is C10H11N3OS. The molecule has 4 nitrogen and oxygen atoms in total. The van der Waals surface area contributed by atoms with E-state index in [2.05, 4.69) is 14.7 Å². The molecular weight excluding hydrogens is 210 g/mol. The van der Waals surface area contributed by atoms with E-state index < -0.39 is 0 Å². The van der Waals surface area contributed by atoms with E-state index in [0.717, 1.165) is 12.3 Å². The quantitative estimate of drug-likeness (QED) is 0.858. The van der Waals surface area contributed by atoms with Crippen LogP contribution in [0.2, 0.25) is 0 Å². The molecule has 0 bridgehead atoms. The van der Waals surface area contributed by atoms with Gasteiger partial charge in [0.25, 0.3) is 5.19 Å². The van der Waals surface area contributed by atoms with Gasteiger partial charge in [-0.25, -0.2) is 0 Å². The highest BCUT2D eigenvalue weighted by Crippen LogP contribution is 2.22. The molecule has 1 heterocycles. The summed E-state index contributed by atoms with van der Waals surface area (Å²) in [7, 11) is 1.91. The van der Waals surface area contributed by atoms with Gasteiger partial charge in [-0.1, -0.05) is 12.1 Å². The van der Waals surface area contributed by atoms with Crippen LogP contribution < -0.4 is 10.1 Å². The maximum Gasteiger partial charge on any atom is 0.298 e. The predicted molar refractivity (Wildman–Crippen MR) is 59.2 cm³/mol. The van der Waals surface area contributed by atoms with Crippen molar-refractivity contribution in [2.75, 3.05) is 7.05 Å². The van der Waals surface area contributed by atoms with Crippen molar-refractivity contribution in [3.05, 3.63) is 36.2 Å². The first-order valence-electron chi connectivity index (χ1n) is 4.56. The lowest BCUT2D eigenvalue weighted by atomic mass is 10.2. The van der Waals surface area contributed by atoms with Crippen LogP contribution in [-0.4, -0.2) is 16.4 Å². The minimum atomic E-state index is 0.566. The molecule has 0 saturated heterocycles. The Morgan fingerprint density at radius 1 is 1.47 bits per heavy atom. The first-order valence-corrected chi connectivity index (χ1v) is 5.34. The molecule has 2 aromatic rings. The van der Waals surface area contributed by atoms with Crippen LogP contribution in [0.4, 0.5) is 0 Å². The molecule has 2 rings (SSSR count). The van der Waals surface area contributed by atoms with E-state index in [-0.39, 0.29) is 0 Å². The van der Waals surface area contributed by atoms with Gasteiger partial charge in [-0.05, 0) is 24.7 Å². The highest BCUT2D eigenvalue weighted by Gasteiger charge is 2.00. The van der Waals surface area contributed by atoms with Crippen LogP contribution in [-0.2, 0) is 6.54 Å². The zero-order valence-electron chi connectivity index (χ0n) is 8.30. The number of hydrogen-bond acceptors (Lipinski definition) is 5. The molecule has 0 amide bonds. The van der Waals surface area contributed by atoms with Crippen molar-refractivity contribution < 1.29 is 4.74 Å².